The number of carbonyl (C=O) groups excluding carboxylic acids is 3. The molecule has 7 rings (SSSR count). The third-order valence-electron chi connectivity index (χ3n) is 9.56. The average molecular weight is 1020 g/mol. The van der Waals surface area contributed by atoms with E-state index in [9.17, 15) is 40.7 Å². The number of carbonyl (C=O) groups is 3. The molecule has 0 spiro atoms. The molecule has 0 atom stereocenters. The van der Waals surface area contributed by atoms with E-state index in [1.807, 2.05) is 4.90 Å². The van der Waals surface area contributed by atoms with Gasteiger partial charge in [0.05, 0.1) is 45.3 Å². The summed E-state index contributed by atoms with van der Waals surface area (Å²) in [5.41, 5.74) is 13.2. The largest absolute Gasteiger partial charge is 0.573 e. The molecule has 1 aliphatic heterocycles. The Bertz CT molecular complexity index is 2800. The summed E-state index contributed by atoms with van der Waals surface area (Å²) in [5, 5.41) is 5.54. The number of hydrogen-bond acceptors (Lipinski definition) is 13. The minimum atomic E-state index is -4.92. The lowest BCUT2D eigenvalue weighted by Crippen LogP contribution is -2.50. The van der Waals surface area contributed by atoms with E-state index in [2.05, 4.69) is 56.0 Å². The first kappa shape index (κ1) is 49.9. The van der Waals surface area contributed by atoms with Crippen molar-refractivity contribution < 1.29 is 54.9 Å². The number of benzene rings is 2. The first-order chi connectivity index (χ1) is 31.8. The number of halogens is 7. The number of anilines is 5. The van der Waals surface area contributed by atoms with Crippen LogP contribution in [0.2, 0.25) is 0 Å². The van der Waals surface area contributed by atoms with Crippen molar-refractivity contribution in [3.8, 4) is 34.3 Å². The lowest BCUT2D eigenvalue weighted by molar-refractivity contribution is -0.275. The highest BCUT2D eigenvalue weighted by Crippen LogP contribution is 2.37. The van der Waals surface area contributed by atoms with Crippen molar-refractivity contribution in [3.63, 3.8) is 0 Å². The van der Waals surface area contributed by atoms with Gasteiger partial charge < -0.3 is 55.2 Å². The van der Waals surface area contributed by atoms with Crippen molar-refractivity contribution >= 4 is 62.8 Å². The van der Waals surface area contributed by atoms with Crippen LogP contribution in [0.25, 0.3) is 22.8 Å². The Hall–Kier alpha value is -7.57. The number of amides is 3. The van der Waals surface area contributed by atoms with Crippen LogP contribution in [0.15, 0.2) is 89.9 Å². The number of aromatic nitrogens is 6. The predicted octanol–water partition coefficient (Wildman–Crippen LogP) is 8.27. The Kier molecular flexibility index (Phi) is 14.7. The fraction of sp³-hybridized carbons (Fsp3) is 0.279. The number of nitrogens with zero attached hydrogens (tertiary/aromatic N) is 8. The second-order valence-corrected chi connectivity index (χ2v) is 16.7. The van der Waals surface area contributed by atoms with E-state index in [0.29, 0.717) is 64.7 Å². The lowest BCUT2D eigenvalue weighted by Gasteiger charge is -2.37. The number of primary amides is 2. The number of piperazine rings is 1. The molecule has 0 saturated carbocycles. The van der Waals surface area contributed by atoms with Crippen LogP contribution < -0.4 is 36.5 Å². The Morgan fingerprint density at radius 1 is 0.662 bits per heavy atom. The molecule has 1 fully saturated rings. The molecule has 360 valence electrons. The summed E-state index contributed by atoms with van der Waals surface area (Å²) in [6, 6.07) is 14.5. The van der Waals surface area contributed by atoms with E-state index in [-0.39, 0.29) is 28.8 Å². The molecule has 1 saturated heterocycles. The lowest BCUT2D eigenvalue weighted by atomic mass is 10.2. The van der Waals surface area contributed by atoms with Gasteiger partial charge in [0.1, 0.15) is 5.60 Å². The van der Waals surface area contributed by atoms with E-state index < -0.39 is 47.7 Å². The third kappa shape index (κ3) is 13.5. The molecule has 0 unspecified atom stereocenters. The van der Waals surface area contributed by atoms with E-state index in [0.717, 1.165) is 0 Å². The minimum absolute atomic E-state index is 0.00810. The quantitative estimate of drug-likeness (QED) is 0.0899. The molecule has 68 heavy (non-hydrogen) atoms. The highest BCUT2D eigenvalue weighted by molar-refractivity contribution is 9.10. The molecule has 2 aromatic carbocycles. The molecule has 5 heterocycles. The maximum absolute atomic E-state index is 13.2. The van der Waals surface area contributed by atoms with Gasteiger partial charge in [0.25, 0.3) is 0 Å². The number of alkyl halides is 6. The van der Waals surface area contributed by atoms with Crippen LogP contribution in [-0.4, -0.2) is 96.4 Å². The average Bonchev–Trinajstić information content (AvgIpc) is 3.84. The fourth-order valence-electron chi connectivity index (χ4n) is 6.59. The third-order valence-corrected chi connectivity index (χ3v) is 10.1. The van der Waals surface area contributed by atoms with Gasteiger partial charge in [-0.05, 0) is 81.4 Å². The van der Waals surface area contributed by atoms with Crippen LogP contribution in [0.3, 0.4) is 0 Å². The van der Waals surface area contributed by atoms with Gasteiger partial charge in [-0.2, -0.15) is 0 Å². The van der Waals surface area contributed by atoms with Gasteiger partial charge in [0.2, 0.25) is 23.7 Å². The zero-order valence-electron chi connectivity index (χ0n) is 36.7. The smallest absolute Gasteiger partial charge is 0.444 e. The van der Waals surface area contributed by atoms with Gasteiger partial charge in [0, 0.05) is 75.2 Å². The van der Waals surface area contributed by atoms with Crippen molar-refractivity contribution in [2.24, 2.45) is 25.6 Å². The van der Waals surface area contributed by atoms with E-state index >= 15 is 0 Å². The first-order valence-electron chi connectivity index (χ1n) is 20.1. The highest BCUT2D eigenvalue weighted by atomic mass is 79.9. The molecular formula is C43H43BrF6N12O6. The Balaban J connectivity index is 0.000000238. The van der Waals surface area contributed by atoms with Gasteiger partial charge in [-0.1, -0.05) is 15.9 Å². The Morgan fingerprint density at radius 3 is 1.54 bits per heavy atom. The molecular weight excluding hydrogens is 974 g/mol. The fourth-order valence-corrected chi connectivity index (χ4v) is 6.95. The van der Waals surface area contributed by atoms with Crippen LogP contribution >= 0.6 is 15.9 Å². The van der Waals surface area contributed by atoms with E-state index in [4.69, 9.17) is 16.2 Å². The number of nitrogens with one attached hydrogen (secondary N) is 2. The van der Waals surface area contributed by atoms with Crippen molar-refractivity contribution in [1.82, 2.24) is 34.0 Å². The van der Waals surface area contributed by atoms with Crippen LogP contribution in [0.5, 0.6) is 11.5 Å². The maximum Gasteiger partial charge on any atom is 0.573 e. The molecule has 0 bridgehead atoms. The van der Waals surface area contributed by atoms with Crippen LogP contribution in [0, 0.1) is 0 Å². The highest BCUT2D eigenvalue weighted by Gasteiger charge is 2.34. The summed E-state index contributed by atoms with van der Waals surface area (Å²) < 4.78 is 94.9. The van der Waals surface area contributed by atoms with E-state index in [1.165, 1.54) is 48.8 Å². The zero-order chi connectivity index (χ0) is 49.7. The summed E-state index contributed by atoms with van der Waals surface area (Å²) in [4.78, 5) is 55.7. The molecule has 6 N–H and O–H groups in total. The normalized spacial score (nSPS) is 13.0. The van der Waals surface area contributed by atoms with Gasteiger partial charge in [-0.25, -0.2) is 24.7 Å². The standard InChI is InChI=1S/C26H30F3N7O4.C17H13BrF3N5O2/c1-25(2,3)40-24(38)36-11-9-35(10-12-36)17-5-6-21(39-26(27,28)29)19(14-17)33-23-31-8-7-18(32-23)20-13-16(22(30)37)15-34(20)4;1-26-8-9(15(22)27)6-13(26)11-4-5-23-16(24-11)25-12-7-10(18)2-3-14(12)28-17(19,20)21/h5-8,13-15H,9-12H2,1-4H3,(H2,30,37)(H,31,32,33);2-8H,1H3,(H2,22,27)(H,23,24,25). The van der Waals surface area contributed by atoms with Crippen LogP contribution in [0.1, 0.15) is 41.5 Å². The Morgan fingerprint density at radius 2 is 1.12 bits per heavy atom. The number of rotatable bonds is 11. The number of nitrogens with two attached hydrogens (primary N) is 2. The molecule has 3 amide bonds. The topological polar surface area (TPSA) is 223 Å². The molecule has 1 aliphatic rings. The molecule has 25 heteroatoms. The van der Waals surface area contributed by atoms with Crippen molar-refractivity contribution in [3.05, 3.63) is 101 Å². The monoisotopic (exact) mass is 1020 g/mol. The Labute approximate surface area is 392 Å². The van der Waals surface area contributed by atoms with Crippen LogP contribution in [0.4, 0.5) is 60.1 Å². The van der Waals surface area contributed by atoms with Gasteiger partial charge in [-0.3, -0.25) is 9.59 Å². The van der Waals surface area contributed by atoms with Crippen molar-refractivity contribution in [2.75, 3.05) is 41.7 Å². The minimum Gasteiger partial charge on any atom is -0.444 e. The first-order valence-corrected chi connectivity index (χ1v) is 20.9. The molecule has 4 aromatic heterocycles. The van der Waals surface area contributed by atoms with Gasteiger partial charge in [-0.15, -0.1) is 26.3 Å². The summed E-state index contributed by atoms with van der Waals surface area (Å²) in [6.07, 6.45) is -4.21. The molecule has 0 aliphatic carbocycles. The second kappa shape index (κ2) is 20.1. The van der Waals surface area contributed by atoms with Crippen LogP contribution in [-0.2, 0) is 18.8 Å². The van der Waals surface area contributed by atoms with E-state index in [1.54, 1.807) is 85.6 Å². The predicted molar refractivity (Wildman–Crippen MR) is 240 cm³/mol. The molecule has 18 nitrogen and oxygen atoms in total. The van der Waals surface area contributed by atoms with Gasteiger partial charge in [0.15, 0.2) is 11.5 Å². The summed E-state index contributed by atoms with van der Waals surface area (Å²) in [6.45, 7) is 7.02. The summed E-state index contributed by atoms with van der Waals surface area (Å²) >= 11 is 3.20. The SMILES string of the molecule is Cn1cc(C(N)=O)cc1-c1ccnc(Nc2cc(Br)ccc2OC(F)(F)F)n1.Cn1cc(C(N)=O)cc1-c1ccnc(Nc2cc(N3CCN(C(=O)OC(C)(C)C)CC3)ccc2OC(F)(F)F)n1. The zero-order valence-corrected chi connectivity index (χ0v) is 38.3. The molecule has 6 aromatic rings. The van der Waals surface area contributed by atoms with Crippen molar-refractivity contribution in [1.29, 1.82) is 0 Å². The second-order valence-electron chi connectivity index (χ2n) is 15.8. The maximum atomic E-state index is 13.2. The summed E-state index contributed by atoms with van der Waals surface area (Å²) in [7, 11) is 3.42. The van der Waals surface area contributed by atoms with Gasteiger partial charge >= 0.3 is 18.8 Å². The molecule has 0 radical (unpaired) electrons. The summed E-state index contributed by atoms with van der Waals surface area (Å²) in [5.74, 6) is -2.03. The van der Waals surface area contributed by atoms with Crippen molar-refractivity contribution in [2.45, 2.75) is 39.1 Å². The number of hydrogen-bond donors (Lipinski definition) is 4. The number of ether oxygens (including phenoxy) is 3. The number of aryl methyl sites for hydroxylation is 2.